The maximum atomic E-state index is 13.2. The second-order valence-corrected chi connectivity index (χ2v) is 3.41. The van der Waals surface area contributed by atoms with Crippen molar-refractivity contribution in [2.24, 2.45) is 0 Å². The summed E-state index contributed by atoms with van der Waals surface area (Å²) in [4.78, 5) is 11.2. The quantitative estimate of drug-likeness (QED) is 0.639. The molecule has 70 valence electrons. The highest BCUT2D eigenvalue weighted by molar-refractivity contribution is 5.96. The van der Waals surface area contributed by atoms with E-state index in [1.165, 1.54) is 13.0 Å². The highest BCUT2D eigenvalue weighted by atomic mass is 19.1. The molecular formula is C11H13FO. The lowest BCUT2D eigenvalue weighted by molar-refractivity contribution is 0.101. The summed E-state index contributed by atoms with van der Waals surface area (Å²) in [6.07, 6.45) is 0. The lowest BCUT2D eigenvalue weighted by atomic mass is 9.95. The number of Topliss-reactive ketones (excluding diaryl/α,β-unsaturated/α-hetero) is 1. The minimum atomic E-state index is -0.418. The number of rotatable bonds is 2. The third-order valence-electron chi connectivity index (χ3n) is 2.02. The number of benzene rings is 1. The normalized spacial score (nSPS) is 10.5. The number of ketones is 1. The molecule has 1 nitrogen and oxygen atoms in total. The number of carbonyl (C=O) groups is 1. The van der Waals surface area contributed by atoms with Gasteiger partial charge in [0.25, 0.3) is 0 Å². The lowest BCUT2D eigenvalue weighted by Gasteiger charge is -2.10. The van der Waals surface area contributed by atoms with E-state index in [0.717, 1.165) is 5.56 Å². The maximum absolute atomic E-state index is 13.2. The van der Waals surface area contributed by atoms with E-state index in [-0.39, 0.29) is 17.3 Å². The van der Waals surface area contributed by atoms with Gasteiger partial charge in [-0.05, 0) is 24.5 Å². The minimum absolute atomic E-state index is 0.176. The molecule has 2 heteroatoms. The highest BCUT2D eigenvalue weighted by Gasteiger charge is 2.14. The molecule has 13 heavy (non-hydrogen) atoms. The molecule has 0 radical (unpaired) electrons. The fraction of sp³-hybridized carbons (Fsp3) is 0.364. The summed E-state index contributed by atoms with van der Waals surface area (Å²) in [5.74, 6) is -0.449. The van der Waals surface area contributed by atoms with Crippen molar-refractivity contribution in [1.82, 2.24) is 0 Å². The van der Waals surface area contributed by atoms with E-state index in [2.05, 4.69) is 0 Å². The van der Waals surface area contributed by atoms with E-state index in [1.807, 2.05) is 13.8 Å². The molecule has 0 aromatic heterocycles. The van der Waals surface area contributed by atoms with Crippen LogP contribution < -0.4 is 0 Å². The molecule has 0 unspecified atom stereocenters. The van der Waals surface area contributed by atoms with Crippen LogP contribution in [0.1, 0.15) is 42.6 Å². The number of hydrogen-bond acceptors (Lipinski definition) is 1. The maximum Gasteiger partial charge on any atom is 0.163 e. The number of carbonyl (C=O) groups excluding carboxylic acids is 1. The molecule has 1 aromatic rings. The standard InChI is InChI=1S/C11H13FO/c1-7(2)9-5-4-6-10(12)11(9)8(3)13/h4-7H,1-3H3. The molecule has 0 fully saturated rings. The van der Waals surface area contributed by atoms with Crippen molar-refractivity contribution in [3.63, 3.8) is 0 Å². The lowest BCUT2D eigenvalue weighted by Crippen LogP contribution is -2.04. The largest absolute Gasteiger partial charge is 0.294 e. The first kappa shape index (κ1) is 9.90. The molecule has 0 saturated carbocycles. The van der Waals surface area contributed by atoms with Gasteiger partial charge < -0.3 is 0 Å². The van der Waals surface area contributed by atoms with Gasteiger partial charge in [-0.1, -0.05) is 26.0 Å². The van der Waals surface area contributed by atoms with Crippen LogP contribution in [0.5, 0.6) is 0 Å². The summed E-state index contributed by atoms with van der Waals surface area (Å²) in [7, 11) is 0. The second-order valence-electron chi connectivity index (χ2n) is 3.41. The van der Waals surface area contributed by atoms with Gasteiger partial charge in [-0.2, -0.15) is 0 Å². The van der Waals surface area contributed by atoms with Gasteiger partial charge in [0.1, 0.15) is 5.82 Å². The molecule has 0 atom stereocenters. The molecule has 1 aromatic carbocycles. The van der Waals surface area contributed by atoms with Gasteiger partial charge in [0.2, 0.25) is 0 Å². The van der Waals surface area contributed by atoms with Gasteiger partial charge in [0.15, 0.2) is 5.78 Å². The van der Waals surface area contributed by atoms with E-state index in [0.29, 0.717) is 0 Å². The van der Waals surface area contributed by atoms with Crippen LogP contribution in [-0.4, -0.2) is 5.78 Å². The SMILES string of the molecule is CC(=O)c1c(F)cccc1C(C)C. The van der Waals surface area contributed by atoms with E-state index in [4.69, 9.17) is 0 Å². The van der Waals surface area contributed by atoms with E-state index >= 15 is 0 Å². The third-order valence-corrected chi connectivity index (χ3v) is 2.02. The summed E-state index contributed by atoms with van der Waals surface area (Å²) >= 11 is 0. The van der Waals surface area contributed by atoms with E-state index < -0.39 is 5.82 Å². The Morgan fingerprint density at radius 1 is 1.38 bits per heavy atom. The van der Waals surface area contributed by atoms with Crippen molar-refractivity contribution in [2.75, 3.05) is 0 Å². The Morgan fingerprint density at radius 2 is 2.00 bits per heavy atom. The predicted molar refractivity (Wildman–Crippen MR) is 50.5 cm³/mol. The molecule has 0 bridgehead atoms. The van der Waals surface area contributed by atoms with E-state index in [9.17, 15) is 9.18 Å². The van der Waals surface area contributed by atoms with Crippen LogP contribution in [0, 0.1) is 5.82 Å². The van der Waals surface area contributed by atoms with Crippen LogP contribution in [0.4, 0.5) is 4.39 Å². The zero-order valence-electron chi connectivity index (χ0n) is 8.10. The fourth-order valence-electron chi connectivity index (χ4n) is 1.39. The highest BCUT2D eigenvalue weighted by Crippen LogP contribution is 2.22. The Morgan fingerprint density at radius 3 is 2.38 bits per heavy atom. The summed E-state index contributed by atoms with van der Waals surface area (Å²) in [6, 6.07) is 4.75. The molecule has 0 N–H and O–H groups in total. The summed E-state index contributed by atoms with van der Waals surface area (Å²) < 4.78 is 13.2. The van der Waals surface area contributed by atoms with Crippen LogP contribution >= 0.6 is 0 Å². The van der Waals surface area contributed by atoms with Crippen LogP contribution in [-0.2, 0) is 0 Å². The zero-order valence-corrected chi connectivity index (χ0v) is 8.10. The van der Waals surface area contributed by atoms with Crippen LogP contribution in [0.3, 0.4) is 0 Å². The van der Waals surface area contributed by atoms with Crippen molar-refractivity contribution in [2.45, 2.75) is 26.7 Å². The molecule has 0 amide bonds. The van der Waals surface area contributed by atoms with Crippen molar-refractivity contribution in [3.8, 4) is 0 Å². The monoisotopic (exact) mass is 180 g/mol. The van der Waals surface area contributed by atoms with Crippen LogP contribution in [0.15, 0.2) is 18.2 Å². The Balaban J connectivity index is 3.34. The molecule has 0 aliphatic carbocycles. The topological polar surface area (TPSA) is 17.1 Å². The molecule has 0 aliphatic rings. The first-order chi connectivity index (χ1) is 6.04. The van der Waals surface area contributed by atoms with Crippen LogP contribution in [0.2, 0.25) is 0 Å². The Labute approximate surface area is 77.6 Å². The van der Waals surface area contributed by atoms with Crippen LogP contribution in [0.25, 0.3) is 0 Å². The van der Waals surface area contributed by atoms with E-state index in [1.54, 1.807) is 12.1 Å². The van der Waals surface area contributed by atoms with Crippen molar-refractivity contribution >= 4 is 5.78 Å². The van der Waals surface area contributed by atoms with Crippen molar-refractivity contribution < 1.29 is 9.18 Å². The molecule has 0 aliphatic heterocycles. The average molecular weight is 180 g/mol. The zero-order chi connectivity index (χ0) is 10.0. The average Bonchev–Trinajstić information content (AvgIpc) is 2.02. The molecular weight excluding hydrogens is 167 g/mol. The van der Waals surface area contributed by atoms with Gasteiger partial charge in [0, 0.05) is 0 Å². The molecule has 0 spiro atoms. The summed E-state index contributed by atoms with van der Waals surface area (Å²) in [5.41, 5.74) is 1.02. The Bertz CT molecular complexity index is 329. The molecule has 1 rings (SSSR count). The first-order valence-electron chi connectivity index (χ1n) is 4.33. The van der Waals surface area contributed by atoms with Gasteiger partial charge in [0.05, 0.1) is 5.56 Å². The van der Waals surface area contributed by atoms with Gasteiger partial charge in [-0.25, -0.2) is 4.39 Å². The first-order valence-corrected chi connectivity index (χ1v) is 4.33. The predicted octanol–water partition coefficient (Wildman–Crippen LogP) is 3.15. The number of hydrogen-bond donors (Lipinski definition) is 0. The van der Waals surface area contributed by atoms with Crippen molar-refractivity contribution in [3.05, 3.63) is 35.1 Å². The Kier molecular flexibility index (Phi) is 2.81. The second kappa shape index (κ2) is 3.69. The number of halogens is 1. The molecule has 0 heterocycles. The smallest absolute Gasteiger partial charge is 0.163 e. The molecule has 0 saturated heterocycles. The minimum Gasteiger partial charge on any atom is -0.294 e. The third kappa shape index (κ3) is 1.94. The van der Waals surface area contributed by atoms with Crippen molar-refractivity contribution in [1.29, 1.82) is 0 Å². The summed E-state index contributed by atoms with van der Waals surface area (Å²) in [5, 5.41) is 0. The Hall–Kier alpha value is -1.18. The summed E-state index contributed by atoms with van der Waals surface area (Å²) in [6.45, 7) is 5.28. The fourth-order valence-corrected chi connectivity index (χ4v) is 1.39. The van der Waals surface area contributed by atoms with Gasteiger partial charge in [-0.15, -0.1) is 0 Å². The van der Waals surface area contributed by atoms with Gasteiger partial charge in [-0.3, -0.25) is 4.79 Å². The van der Waals surface area contributed by atoms with Gasteiger partial charge >= 0.3 is 0 Å².